The Morgan fingerprint density at radius 1 is 0.706 bits per heavy atom. The van der Waals surface area contributed by atoms with E-state index < -0.39 is 5.96 Å². The van der Waals surface area contributed by atoms with Crippen molar-refractivity contribution in [3.63, 3.8) is 0 Å². The molecule has 3 aromatic rings. The number of benzene rings is 3. The van der Waals surface area contributed by atoms with Crippen molar-refractivity contribution in [3.8, 4) is 0 Å². The Hall–Kier alpha value is -2.48. The minimum atomic E-state index is -3.30. The van der Waals surface area contributed by atoms with Gasteiger partial charge in [0.15, 0.2) is 0 Å². The summed E-state index contributed by atoms with van der Waals surface area (Å²) in [6.07, 6.45) is 8.62. The number of halogens is 1. The van der Waals surface area contributed by atoms with Gasteiger partial charge in [0.1, 0.15) is 0 Å². The van der Waals surface area contributed by atoms with Gasteiger partial charge in [-0.25, -0.2) is 0 Å². The van der Waals surface area contributed by atoms with E-state index in [0.717, 1.165) is 11.7 Å². The van der Waals surface area contributed by atoms with Crippen LogP contribution in [0.3, 0.4) is 0 Å². The van der Waals surface area contributed by atoms with E-state index in [0.29, 0.717) is 0 Å². The van der Waals surface area contributed by atoms with E-state index >= 15 is 0 Å². The number of ether oxygens (including phenoxy) is 2. The standard InChI is InChI=1S/C30H34ClO2P/c1-25(16-14-15-17-26(2)30(32-3)33-4)24-34(31,27-18-8-5-9-19-27,28-20-10-6-11-21-28)29-22-12-7-13-23-29/h5-23,30H,24H2,1-4H3/b15-14+,25-16+,26-17+. The molecular formula is C30H34ClO2P. The van der Waals surface area contributed by atoms with Gasteiger partial charge in [-0.1, -0.05) is 0 Å². The zero-order valence-corrected chi connectivity index (χ0v) is 22.0. The molecule has 2 nitrogen and oxygen atoms in total. The second-order valence-electron chi connectivity index (χ2n) is 8.46. The third-order valence-corrected chi connectivity index (χ3v) is 13.4. The van der Waals surface area contributed by atoms with E-state index in [9.17, 15) is 0 Å². The summed E-state index contributed by atoms with van der Waals surface area (Å²) >= 11 is 8.13. The predicted molar refractivity (Wildman–Crippen MR) is 150 cm³/mol. The normalized spacial score (nSPS) is 14.4. The molecule has 3 aromatic carbocycles. The molecule has 0 spiro atoms. The minimum absolute atomic E-state index is 0.338. The average molecular weight is 493 g/mol. The molecule has 34 heavy (non-hydrogen) atoms. The van der Waals surface area contributed by atoms with Gasteiger partial charge in [0.25, 0.3) is 0 Å². The van der Waals surface area contributed by atoms with Crippen LogP contribution in [0.4, 0.5) is 0 Å². The van der Waals surface area contributed by atoms with Gasteiger partial charge in [-0.05, 0) is 0 Å². The molecule has 178 valence electrons. The van der Waals surface area contributed by atoms with Gasteiger partial charge in [0.2, 0.25) is 0 Å². The molecule has 0 aliphatic rings. The molecule has 0 aliphatic heterocycles. The molecule has 0 radical (unpaired) electrons. The molecule has 0 aromatic heterocycles. The molecule has 3 rings (SSSR count). The predicted octanol–water partition coefficient (Wildman–Crippen LogP) is 6.74. The fourth-order valence-corrected chi connectivity index (χ4v) is 10.9. The van der Waals surface area contributed by atoms with Crippen LogP contribution in [0.25, 0.3) is 0 Å². The second-order valence-corrected chi connectivity index (χ2v) is 14.9. The molecule has 0 heterocycles. The second kappa shape index (κ2) is 11.8. The first kappa shape index (κ1) is 26.1. The molecule has 0 atom stereocenters. The summed E-state index contributed by atoms with van der Waals surface area (Å²) in [6.45, 7) is 4.15. The summed E-state index contributed by atoms with van der Waals surface area (Å²) in [5.41, 5.74) is 2.21. The Morgan fingerprint density at radius 3 is 1.47 bits per heavy atom. The summed E-state index contributed by atoms with van der Waals surface area (Å²) in [5.74, 6) is -3.30. The van der Waals surface area contributed by atoms with Crippen LogP contribution in [0.15, 0.2) is 126 Å². The molecule has 0 fully saturated rings. The van der Waals surface area contributed by atoms with Crippen molar-refractivity contribution in [1.29, 1.82) is 0 Å². The Labute approximate surface area is 209 Å². The number of methoxy groups -OCH3 is 2. The van der Waals surface area contributed by atoms with Crippen molar-refractivity contribution in [2.24, 2.45) is 0 Å². The summed E-state index contributed by atoms with van der Waals surface area (Å²) in [6, 6.07) is 31.7. The van der Waals surface area contributed by atoms with E-state index in [-0.39, 0.29) is 6.29 Å². The number of allylic oxidation sites excluding steroid dienone is 5. The van der Waals surface area contributed by atoms with Crippen LogP contribution in [-0.2, 0) is 9.47 Å². The Morgan fingerprint density at radius 2 is 1.09 bits per heavy atom. The van der Waals surface area contributed by atoms with Crippen molar-refractivity contribution in [2.45, 2.75) is 20.1 Å². The topological polar surface area (TPSA) is 18.5 Å². The van der Waals surface area contributed by atoms with Gasteiger partial charge < -0.3 is 0 Å². The summed E-state index contributed by atoms with van der Waals surface area (Å²) in [7, 11) is 3.28. The molecule has 0 saturated heterocycles. The first-order valence-electron chi connectivity index (χ1n) is 11.4. The van der Waals surface area contributed by atoms with E-state index in [1.807, 2.05) is 37.3 Å². The molecule has 0 saturated carbocycles. The van der Waals surface area contributed by atoms with Crippen molar-refractivity contribution < 1.29 is 9.47 Å². The number of hydrogen-bond acceptors (Lipinski definition) is 2. The molecule has 4 heteroatoms. The van der Waals surface area contributed by atoms with Crippen LogP contribution in [0.2, 0.25) is 0 Å². The van der Waals surface area contributed by atoms with Crippen molar-refractivity contribution in [2.75, 3.05) is 20.4 Å². The molecule has 0 unspecified atom stereocenters. The SMILES string of the molecule is COC(OC)/C(C)=C/C=C/C=C(\C)CP(Cl)(c1ccccc1)(c1ccccc1)c1ccccc1. The van der Waals surface area contributed by atoms with E-state index in [1.165, 1.54) is 21.5 Å². The maximum atomic E-state index is 8.13. The van der Waals surface area contributed by atoms with E-state index in [2.05, 4.69) is 91.9 Å². The fourth-order valence-electron chi connectivity index (χ4n) is 4.43. The molecular weight excluding hydrogens is 459 g/mol. The Balaban J connectivity index is 2.11. The van der Waals surface area contributed by atoms with Crippen LogP contribution in [-0.4, -0.2) is 26.7 Å². The van der Waals surface area contributed by atoms with Gasteiger partial charge in [-0.15, -0.1) is 0 Å². The van der Waals surface area contributed by atoms with Gasteiger partial charge in [0, 0.05) is 0 Å². The van der Waals surface area contributed by atoms with Crippen molar-refractivity contribution >= 4 is 33.1 Å². The maximum absolute atomic E-state index is 8.13. The van der Waals surface area contributed by atoms with Gasteiger partial charge >= 0.3 is 210 Å². The van der Waals surface area contributed by atoms with E-state index in [1.54, 1.807) is 14.2 Å². The first-order valence-corrected chi connectivity index (χ1v) is 14.7. The Kier molecular flexibility index (Phi) is 9.05. The van der Waals surface area contributed by atoms with Crippen LogP contribution in [0.5, 0.6) is 0 Å². The van der Waals surface area contributed by atoms with Crippen LogP contribution >= 0.6 is 17.2 Å². The van der Waals surface area contributed by atoms with Crippen molar-refractivity contribution in [3.05, 3.63) is 126 Å². The quantitative estimate of drug-likeness (QED) is 0.177. The third kappa shape index (κ3) is 5.43. The zero-order chi connectivity index (χ0) is 24.5. The van der Waals surface area contributed by atoms with Crippen molar-refractivity contribution in [1.82, 2.24) is 0 Å². The first-order chi connectivity index (χ1) is 16.4. The fraction of sp³-hybridized carbons (Fsp3) is 0.200. The molecule has 0 aliphatic carbocycles. The molecule has 0 N–H and O–H groups in total. The van der Waals surface area contributed by atoms with E-state index in [4.69, 9.17) is 20.7 Å². The monoisotopic (exact) mass is 492 g/mol. The van der Waals surface area contributed by atoms with Gasteiger partial charge in [-0.2, -0.15) is 0 Å². The average Bonchev–Trinajstić information content (AvgIpc) is 2.89. The van der Waals surface area contributed by atoms with Crippen LogP contribution in [0, 0.1) is 0 Å². The Bertz CT molecular complexity index is 1030. The van der Waals surface area contributed by atoms with Gasteiger partial charge in [0.05, 0.1) is 0 Å². The van der Waals surface area contributed by atoms with Crippen LogP contribution in [0.1, 0.15) is 13.8 Å². The van der Waals surface area contributed by atoms with Crippen LogP contribution < -0.4 is 15.9 Å². The van der Waals surface area contributed by atoms with Gasteiger partial charge in [-0.3, -0.25) is 0 Å². The zero-order valence-electron chi connectivity index (χ0n) is 20.4. The number of hydrogen-bond donors (Lipinski definition) is 0. The summed E-state index contributed by atoms with van der Waals surface area (Å²) < 4.78 is 10.6. The number of rotatable bonds is 10. The molecule has 0 bridgehead atoms. The third-order valence-electron chi connectivity index (χ3n) is 6.08. The molecule has 0 amide bonds. The summed E-state index contributed by atoms with van der Waals surface area (Å²) in [4.78, 5) is 0. The summed E-state index contributed by atoms with van der Waals surface area (Å²) in [5, 5.41) is 3.51.